The Labute approximate surface area is 94.3 Å². The van der Waals surface area contributed by atoms with Gasteiger partial charge in [-0.2, -0.15) is 15.3 Å². The van der Waals surface area contributed by atoms with Gasteiger partial charge in [-0.25, -0.2) is 0 Å². The number of nitrogens with two attached hydrogens (primary N) is 1. The summed E-state index contributed by atoms with van der Waals surface area (Å²) in [6.07, 6.45) is 8.18. The maximum Gasteiger partial charge on any atom is 0.0599 e. The second-order valence-corrected chi connectivity index (χ2v) is 3.69. The van der Waals surface area contributed by atoms with Crippen molar-refractivity contribution >= 4 is 0 Å². The molecule has 0 aliphatic rings. The first kappa shape index (κ1) is 10.8. The monoisotopic (exact) mass is 217 g/mol. The standard InChI is InChI=1S/C11H15N5/c1-2-5-16-8-10(7-15-16)11(12)9-3-4-13-14-6-9/h3-4,6-8,11H,2,5,12H2,1H3. The minimum absolute atomic E-state index is 0.180. The minimum Gasteiger partial charge on any atom is -0.320 e. The lowest BCUT2D eigenvalue weighted by Gasteiger charge is -2.07. The molecule has 0 radical (unpaired) electrons. The summed E-state index contributed by atoms with van der Waals surface area (Å²) in [6.45, 7) is 3.04. The maximum atomic E-state index is 6.10. The highest BCUT2D eigenvalue weighted by atomic mass is 15.3. The Hall–Kier alpha value is -1.75. The highest BCUT2D eigenvalue weighted by molar-refractivity contribution is 5.24. The summed E-state index contributed by atoms with van der Waals surface area (Å²) in [7, 11) is 0. The van der Waals surface area contributed by atoms with Gasteiger partial charge < -0.3 is 5.73 Å². The Bertz CT molecular complexity index is 437. The fourth-order valence-electron chi connectivity index (χ4n) is 1.57. The van der Waals surface area contributed by atoms with E-state index in [1.165, 1.54) is 0 Å². The van der Waals surface area contributed by atoms with E-state index in [9.17, 15) is 0 Å². The lowest BCUT2D eigenvalue weighted by atomic mass is 10.1. The molecule has 0 aliphatic heterocycles. The zero-order valence-electron chi connectivity index (χ0n) is 9.24. The van der Waals surface area contributed by atoms with Crippen molar-refractivity contribution in [2.45, 2.75) is 25.9 Å². The molecular weight excluding hydrogens is 202 g/mol. The maximum absolute atomic E-state index is 6.10. The number of hydrogen-bond donors (Lipinski definition) is 1. The Balaban J connectivity index is 2.17. The molecule has 0 bridgehead atoms. The molecule has 0 spiro atoms. The van der Waals surface area contributed by atoms with Gasteiger partial charge in [0.15, 0.2) is 0 Å². The van der Waals surface area contributed by atoms with Crippen LogP contribution in [0.4, 0.5) is 0 Å². The van der Waals surface area contributed by atoms with E-state index in [2.05, 4.69) is 22.2 Å². The van der Waals surface area contributed by atoms with Crippen LogP contribution in [0.25, 0.3) is 0 Å². The average molecular weight is 217 g/mol. The minimum atomic E-state index is -0.180. The van der Waals surface area contributed by atoms with Gasteiger partial charge in [0.1, 0.15) is 0 Å². The van der Waals surface area contributed by atoms with E-state index in [4.69, 9.17) is 5.73 Å². The summed E-state index contributed by atoms with van der Waals surface area (Å²) in [6, 6.07) is 1.69. The van der Waals surface area contributed by atoms with Crippen molar-refractivity contribution in [2.24, 2.45) is 5.73 Å². The Kier molecular flexibility index (Phi) is 3.26. The zero-order valence-corrected chi connectivity index (χ0v) is 9.24. The molecule has 2 aromatic rings. The summed E-state index contributed by atoms with van der Waals surface area (Å²) < 4.78 is 1.91. The van der Waals surface area contributed by atoms with Crippen LogP contribution in [0.15, 0.2) is 30.9 Å². The van der Waals surface area contributed by atoms with Crippen molar-refractivity contribution in [3.8, 4) is 0 Å². The molecule has 1 atom stereocenters. The lowest BCUT2D eigenvalue weighted by molar-refractivity contribution is 0.602. The van der Waals surface area contributed by atoms with Crippen molar-refractivity contribution in [1.82, 2.24) is 20.0 Å². The SMILES string of the molecule is CCCn1cc(C(N)c2ccnnc2)cn1. The molecule has 1 unspecified atom stereocenters. The summed E-state index contributed by atoms with van der Waals surface area (Å²) in [5, 5.41) is 11.8. The molecule has 2 aromatic heterocycles. The molecule has 2 N–H and O–H groups in total. The molecule has 2 rings (SSSR count). The van der Waals surface area contributed by atoms with Crippen LogP contribution >= 0.6 is 0 Å². The van der Waals surface area contributed by atoms with Crippen LogP contribution in [0.5, 0.6) is 0 Å². The zero-order chi connectivity index (χ0) is 11.4. The van der Waals surface area contributed by atoms with Crippen molar-refractivity contribution in [2.75, 3.05) is 0 Å². The summed E-state index contributed by atoms with van der Waals surface area (Å²) >= 11 is 0. The van der Waals surface area contributed by atoms with Gasteiger partial charge in [-0.3, -0.25) is 4.68 Å². The molecule has 2 heterocycles. The van der Waals surface area contributed by atoms with Gasteiger partial charge in [-0.15, -0.1) is 0 Å². The van der Waals surface area contributed by atoms with E-state index in [1.54, 1.807) is 18.6 Å². The lowest BCUT2D eigenvalue weighted by Crippen LogP contribution is -2.11. The van der Waals surface area contributed by atoms with Gasteiger partial charge in [0, 0.05) is 24.5 Å². The molecule has 0 aliphatic carbocycles. The van der Waals surface area contributed by atoms with Gasteiger partial charge in [-0.1, -0.05) is 6.92 Å². The average Bonchev–Trinajstić information content (AvgIpc) is 2.78. The van der Waals surface area contributed by atoms with E-state index in [-0.39, 0.29) is 6.04 Å². The molecule has 5 heteroatoms. The summed E-state index contributed by atoms with van der Waals surface area (Å²) in [5.41, 5.74) is 8.06. The predicted octanol–water partition coefficient (Wildman–Crippen LogP) is 1.13. The Morgan fingerprint density at radius 1 is 1.31 bits per heavy atom. The number of hydrogen-bond acceptors (Lipinski definition) is 4. The van der Waals surface area contributed by atoms with E-state index in [0.29, 0.717) is 0 Å². The first-order valence-corrected chi connectivity index (χ1v) is 5.35. The number of nitrogens with zero attached hydrogens (tertiary/aromatic N) is 4. The molecule has 84 valence electrons. The van der Waals surface area contributed by atoms with Gasteiger partial charge in [0.25, 0.3) is 0 Å². The van der Waals surface area contributed by atoms with E-state index in [1.807, 2.05) is 16.9 Å². The largest absolute Gasteiger partial charge is 0.320 e. The van der Waals surface area contributed by atoms with Gasteiger partial charge >= 0.3 is 0 Å². The predicted molar refractivity (Wildman–Crippen MR) is 60.6 cm³/mol. The van der Waals surface area contributed by atoms with Crippen molar-refractivity contribution < 1.29 is 0 Å². The molecule has 0 saturated carbocycles. The quantitative estimate of drug-likeness (QED) is 0.833. The molecule has 16 heavy (non-hydrogen) atoms. The molecule has 5 nitrogen and oxygen atoms in total. The van der Waals surface area contributed by atoms with Crippen LogP contribution in [0.1, 0.15) is 30.5 Å². The smallest absolute Gasteiger partial charge is 0.0599 e. The summed E-state index contributed by atoms with van der Waals surface area (Å²) in [5.74, 6) is 0. The molecular formula is C11H15N5. The third-order valence-electron chi connectivity index (χ3n) is 2.43. The second-order valence-electron chi connectivity index (χ2n) is 3.69. The van der Waals surface area contributed by atoms with Crippen LogP contribution in [-0.4, -0.2) is 20.0 Å². The topological polar surface area (TPSA) is 69.6 Å². The van der Waals surface area contributed by atoms with Crippen LogP contribution in [0.3, 0.4) is 0 Å². The van der Waals surface area contributed by atoms with Crippen LogP contribution in [0.2, 0.25) is 0 Å². The van der Waals surface area contributed by atoms with Crippen LogP contribution in [0, 0.1) is 0 Å². The fraction of sp³-hybridized carbons (Fsp3) is 0.364. The van der Waals surface area contributed by atoms with Gasteiger partial charge in [-0.05, 0) is 18.1 Å². The van der Waals surface area contributed by atoms with Crippen LogP contribution in [-0.2, 0) is 6.54 Å². The van der Waals surface area contributed by atoms with Crippen LogP contribution < -0.4 is 5.73 Å². The van der Waals surface area contributed by atoms with Crippen molar-refractivity contribution in [1.29, 1.82) is 0 Å². The Morgan fingerprint density at radius 3 is 2.88 bits per heavy atom. The van der Waals surface area contributed by atoms with Crippen molar-refractivity contribution in [3.05, 3.63) is 42.0 Å². The molecule has 0 saturated heterocycles. The third kappa shape index (κ3) is 2.25. The highest BCUT2D eigenvalue weighted by Crippen LogP contribution is 2.17. The first-order chi connectivity index (χ1) is 7.81. The summed E-state index contributed by atoms with van der Waals surface area (Å²) in [4.78, 5) is 0. The normalized spacial score (nSPS) is 12.6. The van der Waals surface area contributed by atoms with E-state index in [0.717, 1.165) is 24.1 Å². The number of rotatable bonds is 4. The third-order valence-corrected chi connectivity index (χ3v) is 2.43. The molecule has 0 aromatic carbocycles. The number of aromatic nitrogens is 4. The van der Waals surface area contributed by atoms with E-state index < -0.39 is 0 Å². The van der Waals surface area contributed by atoms with E-state index >= 15 is 0 Å². The second kappa shape index (κ2) is 4.85. The van der Waals surface area contributed by atoms with Crippen molar-refractivity contribution in [3.63, 3.8) is 0 Å². The number of aryl methyl sites for hydroxylation is 1. The first-order valence-electron chi connectivity index (χ1n) is 5.35. The van der Waals surface area contributed by atoms with Gasteiger partial charge in [0.2, 0.25) is 0 Å². The molecule has 0 fully saturated rings. The Morgan fingerprint density at radius 2 is 2.19 bits per heavy atom. The molecule has 0 amide bonds. The fourth-order valence-corrected chi connectivity index (χ4v) is 1.57. The van der Waals surface area contributed by atoms with Gasteiger partial charge in [0.05, 0.1) is 18.4 Å². The highest BCUT2D eigenvalue weighted by Gasteiger charge is 2.10.